The molecule has 108 valence electrons. The Hall–Kier alpha value is -1.00. The molecule has 0 spiro atoms. The topological polar surface area (TPSA) is 22.1 Å². The molecule has 2 aromatic rings. The smallest absolute Gasteiger partial charge is 0.140 e. The summed E-state index contributed by atoms with van der Waals surface area (Å²) in [5, 5.41) is 1.04. The Bertz CT molecular complexity index is 578. The number of thiazole rings is 1. The van der Waals surface area contributed by atoms with Crippen LogP contribution in [0.15, 0.2) is 18.2 Å². The van der Waals surface area contributed by atoms with E-state index in [1.807, 2.05) is 0 Å². The molecule has 0 saturated heterocycles. The quantitative estimate of drug-likeness (QED) is 0.780. The van der Waals surface area contributed by atoms with Gasteiger partial charge in [0.25, 0.3) is 0 Å². The SMILES string of the molecule is CCCc1nc(COc2cc(C)ccc2C)sc1CS. The van der Waals surface area contributed by atoms with Crippen molar-refractivity contribution in [1.29, 1.82) is 0 Å². The van der Waals surface area contributed by atoms with E-state index >= 15 is 0 Å². The van der Waals surface area contributed by atoms with Crippen LogP contribution in [0.4, 0.5) is 0 Å². The van der Waals surface area contributed by atoms with E-state index in [9.17, 15) is 0 Å². The highest BCUT2D eigenvalue weighted by atomic mass is 32.1. The van der Waals surface area contributed by atoms with E-state index in [4.69, 9.17) is 4.74 Å². The maximum Gasteiger partial charge on any atom is 0.140 e. The lowest BCUT2D eigenvalue weighted by molar-refractivity contribution is 0.303. The van der Waals surface area contributed by atoms with Gasteiger partial charge in [-0.25, -0.2) is 4.98 Å². The average Bonchev–Trinajstić information content (AvgIpc) is 2.82. The number of aryl methyl sites for hydroxylation is 3. The molecule has 0 aliphatic rings. The molecule has 0 aliphatic heterocycles. The van der Waals surface area contributed by atoms with Crippen LogP contribution in [0.3, 0.4) is 0 Å². The van der Waals surface area contributed by atoms with Gasteiger partial charge in [0.05, 0.1) is 5.69 Å². The second kappa shape index (κ2) is 7.14. The summed E-state index contributed by atoms with van der Waals surface area (Å²) in [6.07, 6.45) is 2.14. The highest BCUT2D eigenvalue weighted by molar-refractivity contribution is 7.79. The summed E-state index contributed by atoms with van der Waals surface area (Å²) in [5.74, 6) is 1.71. The molecule has 0 radical (unpaired) electrons. The van der Waals surface area contributed by atoms with Crippen molar-refractivity contribution in [2.75, 3.05) is 0 Å². The minimum atomic E-state index is 0.541. The molecule has 0 N–H and O–H groups in total. The molecule has 20 heavy (non-hydrogen) atoms. The number of thiol groups is 1. The van der Waals surface area contributed by atoms with E-state index in [0.29, 0.717) is 6.61 Å². The van der Waals surface area contributed by atoms with E-state index in [0.717, 1.165) is 34.9 Å². The lowest BCUT2D eigenvalue weighted by Gasteiger charge is -2.08. The molecule has 0 atom stereocenters. The average molecular weight is 307 g/mol. The van der Waals surface area contributed by atoms with Crippen LogP contribution in [0.25, 0.3) is 0 Å². The standard InChI is InChI=1S/C16H21NOS2/c1-4-5-13-15(10-19)20-16(17-13)9-18-14-8-11(2)6-7-12(14)3/h6-8,19H,4-5,9-10H2,1-3H3. The van der Waals surface area contributed by atoms with Gasteiger partial charge in [0, 0.05) is 10.6 Å². The first-order valence-corrected chi connectivity index (χ1v) is 8.37. The monoisotopic (exact) mass is 307 g/mol. The Balaban J connectivity index is 2.08. The van der Waals surface area contributed by atoms with Crippen LogP contribution in [0.2, 0.25) is 0 Å². The molecule has 1 aromatic heterocycles. The lowest BCUT2D eigenvalue weighted by atomic mass is 10.1. The van der Waals surface area contributed by atoms with Gasteiger partial charge in [-0.1, -0.05) is 25.5 Å². The van der Waals surface area contributed by atoms with Crippen molar-refractivity contribution in [2.24, 2.45) is 0 Å². The molecule has 1 heterocycles. The lowest BCUT2D eigenvalue weighted by Crippen LogP contribution is -1.97. The molecule has 0 fully saturated rings. The van der Waals surface area contributed by atoms with Crippen LogP contribution in [0.1, 0.15) is 40.1 Å². The summed E-state index contributed by atoms with van der Waals surface area (Å²) in [7, 11) is 0. The fourth-order valence-electron chi connectivity index (χ4n) is 2.06. The van der Waals surface area contributed by atoms with Crippen molar-refractivity contribution in [3.63, 3.8) is 0 Å². The zero-order valence-electron chi connectivity index (χ0n) is 12.3. The minimum absolute atomic E-state index is 0.541. The van der Waals surface area contributed by atoms with E-state index < -0.39 is 0 Å². The van der Waals surface area contributed by atoms with Gasteiger partial charge in [0.15, 0.2) is 0 Å². The van der Waals surface area contributed by atoms with E-state index in [1.165, 1.54) is 16.1 Å². The van der Waals surface area contributed by atoms with Crippen molar-refractivity contribution < 1.29 is 4.74 Å². The third kappa shape index (κ3) is 3.76. The molecular formula is C16H21NOS2. The van der Waals surface area contributed by atoms with Crippen molar-refractivity contribution in [3.8, 4) is 5.75 Å². The number of hydrogen-bond donors (Lipinski definition) is 1. The molecule has 0 unspecified atom stereocenters. The molecule has 2 nitrogen and oxygen atoms in total. The number of ether oxygens (including phenoxy) is 1. The van der Waals surface area contributed by atoms with Crippen LogP contribution in [0, 0.1) is 13.8 Å². The van der Waals surface area contributed by atoms with Crippen LogP contribution >= 0.6 is 24.0 Å². The molecular weight excluding hydrogens is 286 g/mol. The highest BCUT2D eigenvalue weighted by Crippen LogP contribution is 2.25. The summed E-state index contributed by atoms with van der Waals surface area (Å²) in [5.41, 5.74) is 3.56. The number of benzene rings is 1. The summed E-state index contributed by atoms with van der Waals surface area (Å²) in [4.78, 5) is 5.96. The maximum absolute atomic E-state index is 5.92. The molecule has 0 bridgehead atoms. The first-order valence-electron chi connectivity index (χ1n) is 6.92. The predicted octanol–water partition coefficient (Wildman–Crippen LogP) is 4.72. The van der Waals surface area contributed by atoms with Gasteiger partial charge in [0.1, 0.15) is 17.4 Å². The number of hydrogen-bond acceptors (Lipinski definition) is 4. The molecule has 1 aromatic carbocycles. The first-order chi connectivity index (χ1) is 9.63. The Labute approximate surface area is 130 Å². The van der Waals surface area contributed by atoms with Crippen molar-refractivity contribution in [2.45, 2.75) is 46.0 Å². The third-order valence-corrected chi connectivity index (χ3v) is 4.75. The number of aromatic nitrogens is 1. The van der Waals surface area contributed by atoms with Crippen LogP contribution in [0.5, 0.6) is 5.75 Å². The van der Waals surface area contributed by atoms with Crippen molar-refractivity contribution in [3.05, 3.63) is 44.9 Å². The Kier molecular flexibility index (Phi) is 5.49. The third-order valence-electron chi connectivity index (χ3n) is 3.15. The van der Waals surface area contributed by atoms with Crippen molar-refractivity contribution >= 4 is 24.0 Å². The first kappa shape index (κ1) is 15.4. The number of nitrogens with zero attached hydrogens (tertiary/aromatic N) is 1. The molecule has 0 aliphatic carbocycles. The second-order valence-corrected chi connectivity index (χ2v) is 6.43. The number of rotatable bonds is 6. The fraction of sp³-hybridized carbons (Fsp3) is 0.438. The zero-order valence-corrected chi connectivity index (χ0v) is 14.0. The normalized spacial score (nSPS) is 10.8. The van der Waals surface area contributed by atoms with Gasteiger partial charge in [-0.2, -0.15) is 12.6 Å². The summed E-state index contributed by atoms with van der Waals surface area (Å²) in [6, 6.07) is 6.27. The van der Waals surface area contributed by atoms with E-state index in [-0.39, 0.29) is 0 Å². The Morgan fingerprint density at radius 2 is 2.10 bits per heavy atom. The summed E-state index contributed by atoms with van der Waals surface area (Å²) < 4.78 is 5.92. The highest BCUT2D eigenvalue weighted by Gasteiger charge is 2.10. The fourth-order valence-corrected chi connectivity index (χ4v) is 3.32. The van der Waals surface area contributed by atoms with Gasteiger partial charge < -0.3 is 4.74 Å². The van der Waals surface area contributed by atoms with Gasteiger partial charge in [0.2, 0.25) is 0 Å². The van der Waals surface area contributed by atoms with E-state index in [1.54, 1.807) is 11.3 Å². The summed E-state index contributed by atoms with van der Waals surface area (Å²) in [6.45, 7) is 6.86. The van der Waals surface area contributed by atoms with Crippen LogP contribution in [-0.2, 0) is 18.8 Å². The molecule has 2 rings (SSSR count). The van der Waals surface area contributed by atoms with E-state index in [2.05, 4.69) is 56.6 Å². The molecule has 0 saturated carbocycles. The minimum Gasteiger partial charge on any atom is -0.486 e. The van der Waals surface area contributed by atoms with Gasteiger partial charge >= 0.3 is 0 Å². The molecule has 0 amide bonds. The van der Waals surface area contributed by atoms with Crippen molar-refractivity contribution in [1.82, 2.24) is 4.98 Å². The van der Waals surface area contributed by atoms with Gasteiger partial charge in [-0.05, 0) is 37.5 Å². The Morgan fingerprint density at radius 1 is 1.30 bits per heavy atom. The predicted molar refractivity (Wildman–Crippen MR) is 89.0 cm³/mol. The Morgan fingerprint density at radius 3 is 2.80 bits per heavy atom. The summed E-state index contributed by atoms with van der Waals surface area (Å²) >= 11 is 6.10. The maximum atomic E-state index is 5.92. The van der Waals surface area contributed by atoms with Gasteiger partial charge in [-0.3, -0.25) is 0 Å². The van der Waals surface area contributed by atoms with Crippen LogP contribution in [-0.4, -0.2) is 4.98 Å². The van der Waals surface area contributed by atoms with Crippen LogP contribution < -0.4 is 4.74 Å². The van der Waals surface area contributed by atoms with Gasteiger partial charge in [-0.15, -0.1) is 11.3 Å². The largest absolute Gasteiger partial charge is 0.486 e. The molecule has 4 heteroatoms. The zero-order chi connectivity index (χ0) is 14.5. The second-order valence-electron chi connectivity index (χ2n) is 4.94.